The molecule has 2 aromatic rings. The van der Waals surface area contributed by atoms with Gasteiger partial charge in [0.2, 0.25) is 5.91 Å². The number of hydrogen-bond acceptors (Lipinski definition) is 4. The smallest absolute Gasteiger partial charge is 0.416 e. The summed E-state index contributed by atoms with van der Waals surface area (Å²) in [5.74, 6) is -1.04. The molecule has 0 unspecified atom stereocenters. The predicted octanol–water partition coefficient (Wildman–Crippen LogP) is 1.88. The van der Waals surface area contributed by atoms with Crippen LogP contribution >= 0.6 is 0 Å². The van der Waals surface area contributed by atoms with E-state index in [1.54, 1.807) is 6.92 Å². The molecule has 0 aliphatic carbocycles. The lowest BCUT2D eigenvalue weighted by Gasteiger charge is -2.09. The number of aryl methyl sites for hydroxylation is 1. The van der Waals surface area contributed by atoms with Crippen LogP contribution < -0.4 is 16.0 Å². The standard InChI is InChI=1S/C18H18F3N3O4/c1-11-14(6-9-28-11)17(27)24-10-15(25)22-7-8-23-16(26)12-2-4-13(5-3-12)18(19,20)21/h2-6,9H,7-8,10H2,1H3,(H,22,25)(H,23,26)(H,24,27). The summed E-state index contributed by atoms with van der Waals surface area (Å²) in [6.45, 7) is 1.52. The van der Waals surface area contributed by atoms with Gasteiger partial charge in [0, 0.05) is 18.7 Å². The third kappa shape index (κ3) is 5.86. The van der Waals surface area contributed by atoms with Crippen LogP contribution in [0.25, 0.3) is 0 Å². The van der Waals surface area contributed by atoms with Gasteiger partial charge in [-0.2, -0.15) is 13.2 Å². The number of carbonyl (C=O) groups is 3. The molecule has 0 spiro atoms. The molecule has 1 aromatic heterocycles. The predicted molar refractivity (Wildman–Crippen MR) is 92.6 cm³/mol. The molecule has 0 aliphatic rings. The Labute approximate surface area is 158 Å². The van der Waals surface area contributed by atoms with Crippen molar-refractivity contribution >= 4 is 17.7 Å². The molecule has 0 fully saturated rings. The lowest BCUT2D eigenvalue weighted by Crippen LogP contribution is -2.40. The van der Waals surface area contributed by atoms with Crippen molar-refractivity contribution < 1.29 is 32.0 Å². The number of carbonyl (C=O) groups excluding carboxylic acids is 3. The van der Waals surface area contributed by atoms with E-state index in [1.165, 1.54) is 12.3 Å². The van der Waals surface area contributed by atoms with Crippen molar-refractivity contribution in [2.45, 2.75) is 13.1 Å². The molecule has 0 bridgehead atoms. The minimum Gasteiger partial charge on any atom is -0.469 e. The second-order valence-corrected chi connectivity index (χ2v) is 5.75. The zero-order valence-corrected chi connectivity index (χ0v) is 14.9. The van der Waals surface area contributed by atoms with Gasteiger partial charge >= 0.3 is 6.18 Å². The van der Waals surface area contributed by atoms with E-state index in [4.69, 9.17) is 4.42 Å². The van der Waals surface area contributed by atoms with E-state index in [-0.39, 0.29) is 25.2 Å². The van der Waals surface area contributed by atoms with Crippen molar-refractivity contribution in [2.24, 2.45) is 0 Å². The Morgan fingerprint density at radius 3 is 2.14 bits per heavy atom. The first-order chi connectivity index (χ1) is 13.2. The van der Waals surface area contributed by atoms with Crippen LogP contribution in [0.1, 0.15) is 32.0 Å². The van der Waals surface area contributed by atoms with Gasteiger partial charge in [-0.1, -0.05) is 0 Å². The van der Waals surface area contributed by atoms with E-state index >= 15 is 0 Å². The van der Waals surface area contributed by atoms with Gasteiger partial charge in [-0.15, -0.1) is 0 Å². The highest BCUT2D eigenvalue weighted by atomic mass is 19.4. The van der Waals surface area contributed by atoms with Gasteiger partial charge in [-0.05, 0) is 37.3 Å². The molecule has 10 heteroatoms. The van der Waals surface area contributed by atoms with Gasteiger partial charge in [0.1, 0.15) is 5.76 Å². The third-order valence-electron chi connectivity index (χ3n) is 3.72. The maximum absolute atomic E-state index is 12.5. The Bertz CT molecular complexity index is 845. The number of hydrogen-bond donors (Lipinski definition) is 3. The first-order valence-corrected chi connectivity index (χ1v) is 8.23. The maximum atomic E-state index is 12.5. The quantitative estimate of drug-likeness (QED) is 0.621. The zero-order valence-electron chi connectivity index (χ0n) is 14.9. The average Bonchev–Trinajstić information content (AvgIpc) is 3.08. The highest BCUT2D eigenvalue weighted by molar-refractivity contribution is 5.97. The van der Waals surface area contributed by atoms with E-state index in [1.807, 2.05) is 0 Å². The molecule has 0 radical (unpaired) electrons. The highest BCUT2D eigenvalue weighted by Crippen LogP contribution is 2.29. The molecule has 0 atom stereocenters. The summed E-state index contributed by atoms with van der Waals surface area (Å²) in [5, 5.41) is 7.39. The van der Waals surface area contributed by atoms with Crippen LogP contribution in [0.5, 0.6) is 0 Å². The Morgan fingerprint density at radius 2 is 1.57 bits per heavy atom. The van der Waals surface area contributed by atoms with E-state index in [0.717, 1.165) is 24.3 Å². The summed E-state index contributed by atoms with van der Waals surface area (Å²) in [5.41, 5.74) is -0.442. The molecular formula is C18H18F3N3O4. The van der Waals surface area contributed by atoms with Gasteiger partial charge in [-0.3, -0.25) is 14.4 Å². The monoisotopic (exact) mass is 397 g/mol. The van der Waals surface area contributed by atoms with Crippen LogP contribution in [-0.2, 0) is 11.0 Å². The van der Waals surface area contributed by atoms with Gasteiger partial charge in [0.05, 0.1) is 23.9 Å². The average molecular weight is 397 g/mol. The summed E-state index contributed by atoms with van der Waals surface area (Å²) in [6.07, 6.45) is -3.10. The number of benzene rings is 1. The summed E-state index contributed by atoms with van der Waals surface area (Å²) in [4.78, 5) is 35.4. The molecule has 0 saturated carbocycles. The van der Waals surface area contributed by atoms with Crippen molar-refractivity contribution in [3.8, 4) is 0 Å². The summed E-state index contributed by atoms with van der Waals surface area (Å²) in [6, 6.07) is 5.27. The van der Waals surface area contributed by atoms with Crippen LogP contribution in [0.4, 0.5) is 13.2 Å². The molecule has 1 aromatic carbocycles. The Morgan fingerprint density at radius 1 is 0.929 bits per heavy atom. The van der Waals surface area contributed by atoms with E-state index in [9.17, 15) is 27.6 Å². The number of furan rings is 1. The maximum Gasteiger partial charge on any atom is 0.416 e. The van der Waals surface area contributed by atoms with Gasteiger partial charge < -0.3 is 20.4 Å². The molecule has 0 aliphatic heterocycles. The highest BCUT2D eigenvalue weighted by Gasteiger charge is 2.30. The summed E-state index contributed by atoms with van der Waals surface area (Å²) < 4.78 is 42.5. The van der Waals surface area contributed by atoms with E-state index < -0.39 is 29.5 Å². The van der Waals surface area contributed by atoms with Crippen molar-refractivity contribution in [1.82, 2.24) is 16.0 Å². The number of nitrogens with one attached hydrogen (secondary N) is 3. The van der Waals surface area contributed by atoms with Crippen LogP contribution in [0.15, 0.2) is 41.0 Å². The molecule has 2 rings (SSSR count). The van der Waals surface area contributed by atoms with Crippen LogP contribution in [-0.4, -0.2) is 37.4 Å². The second-order valence-electron chi connectivity index (χ2n) is 5.75. The zero-order chi connectivity index (χ0) is 20.7. The molecular weight excluding hydrogens is 379 g/mol. The Hall–Kier alpha value is -3.30. The summed E-state index contributed by atoms with van der Waals surface area (Å²) >= 11 is 0. The van der Waals surface area contributed by atoms with E-state index in [0.29, 0.717) is 11.3 Å². The lowest BCUT2D eigenvalue weighted by molar-refractivity contribution is -0.137. The SMILES string of the molecule is Cc1occc1C(=O)NCC(=O)NCCNC(=O)c1ccc(C(F)(F)F)cc1. The number of halogens is 3. The fraction of sp³-hybridized carbons (Fsp3) is 0.278. The van der Waals surface area contributed by atoms with E-state index in [2.05, 4.69) is 16.0 Å². The number of rotatable bonds is 7. The van der Waals surface area contributed by atoms with Crippen molar-refractivity contribution in [3.05, 3.63) is 59.0 Å². The van der Waals surface area contributed by atoms with Gasteiger partial charge in [0.15, 0.2) is 0 Å². The molecule has 3 N–H and O–H groups in total. The van der Waals surface area contributed by atoms with Crippen LogP contribution in [0, 0.1) is 6.92 Å². The van der Waals surface area contributed by atoms with Crippen molar-refractivity contribution in [3.63, 3.8) is 0 Å². The molecule has 0 saturated heterocycles. The van der Waals surface area contributed by atoms with Crippen molar-refractivity contribution in [1.29, 1.82) is 0 Å². The minimum atomic E-state index is -4.47. The number of alkyl halides is 3. The van der Waals surface area contributed by atoms with Crippen LogP contribution in [0.2, 0.25) is 0 Å². The second kappa shape index (κ2) is 9.07. The molecule has 7 nitrogen and oxygen atoms in total. The number of amides is 3. The third-order valence-corrected chi connectivity index (χ3v) is 3.72. The lowest BCUT2D eigenvalue weighted by atomic mass is 10.1. The normalized spacial score (nSPS) is 11.0. The first kappa shape index (κ1) is 21.0. The largest absolute Gasteiger partial charge is 0.469 e. The molecule has 3 amide bonds. The minimum absolute atomic E-state index is 0.0698. The molecule has 28 heavy (non-hydrogen) atoms. The van der Waals surface area contributed by atoms with Gasteiger partial charge in [-0.25, -0.2) is 0 Å². The van der Waals surface area contributed by atoms with Gasteiger partial charge in [0.25, 0.3) is 11.8 Å². The fourth-order valence-electron chi connectivity index (χ4n) is 2.23. The van der Waals surface area contributed by atoms with Crippen molar-refractivity contribution in [2.75, 3.05) is 19.6 Å². The Balaban J connectivity index is 1.67. The summed E-state index contributed by atoms with van der Waals surface area (Å²) in [7, 11) is 0. The topological polar surface area (TPSA) is 100 Å². The fourth-order valence-corrected chi connectivity index (χ4v) is 2.23. The first-order valence-electron chi connectivity index (χ1n) is 8.23. The molecule has 150 valence electrons. The van der Waals surface area contributed by atoms with Crippen LogP contribution in [0.3, 0.4) is 0 Å². The Kier molecular flexibility index (Phi) is 6.80. The molecule has 1 heterocycles.